The van der Waals surface area contributed by atoms with E-state index in [9.17, 15) is 9.59 Å². The highest BCUT2D eigenvalue weighted by Gasteiger charge is 2.09. The SMILES string of the molecule is Cc1nc(C(=O)Nc2ccc(C=O)cc2)cs1. The first-order chi connectivity index (χ1) is 8.19. The second kappa shape index (κ2) is 4.88. The Hall–Kier alpha value is -2.01. The highest BCUT2D eigenvalue weighted by atomic mass is 32.1. The van der Waals surface area contributed by atoms with Crippen LogP contribution in [0.1, 0.15) is 25.9 Å². The number of benzene rings is 1. The van der Waals surface area contributed by atoms with E-state index < -0.39 is 0 Å². The predicted molar refractivity (Wildman–Crippen MR) is 66.6 cm³/mol. The number of aldehydes is 1. The number of rotatable bonds is 3. The maximum atomic E-state index is 11.7. The molecule has 0 spiro atoms. The molecule has 2 rings (SSSR count). The molecule has 5 heteroatoms. The molecule has 0 aliphatic rings. The van der Waals surface area contributed by atoms with Crippen LogP contribution in [0.3, 0.4) is 0 Å². The quantitative estimate of drug-likeness (QED) is 0.846. The number of amides is 1. The van der Waals surface area contributed by atoms with Gasteiger partial charge < -0.3 is 5.32 Å². The standard InChI is InChI=1S/C12H10N2O2S/c1-8-13-11(7-17-8)12(16)14-10-4-2-9(6-15)3-5-10/h2-7H,1H3,(H,14,16). The third-order valence-corrected chi connectivity index (χ3v) is 2.93. The molecule has 1 aromatic carbocycles. The molecule has 1 amide bonds. The fraction of sp³-hybridized carbons (Fsp3) is 0.0833. The summed E-state index contributed by atoms with van der Waals surface area (Å²) in [6.07, 6.45) is 0.759. The highest BCUT2D eigenvalue weighted by molar-refractivity contribution is 7.09. The van der Waals surface area contributed by atoms with Crippen molar-refractivity contribution in [3.63, 3.8) is 0 Å². The molecule has 1 aromatic heterocycles. The van der Waals surface area contributed by atoms with E-state index in [1.54, 1.807) is 29.6 Å². The number of nitrogens with zero attached hydrogens (tertiary/aromatic N) is 1. The molecule has 4 nitrogen and oxygen atoms in total. The van der Waals surface area contributed by atoms with Crippen LogP contribution in [0.4, 0.5) is 5.69 Å². The molecule has 1 heterocycles. The number of aryl methyl sites for hydroxylation is 1. The molecule has 0 aliphatic carbocycles. The maximum absolute atomic E-state index is 11.7. The van der Waals surface area contributed by atoms with Crippen LogP contribution in [-0.2, 0) is 0 Å². The van der Waals surface area contributed by atoms with E-state index in [4.69, 9.17) is 0 Å². The van der Waals surface area contributed by atoms with E-state index in [1.807, 2.05) is 6.92 Å². The Morgan fingerprint density at radius 3 is 2.59 bits per heavy atom. The lowest BCUT2D eigenvalue weighted by Crippen LogP contribution is -2.12. The summed E-state index contributed by atoms with van der Waals surface area (Å²) < 4.78 is 0. The monoisotopic (exact) mass is 246 g/mol. The van der Waals surface area contributed by atoms with Gasteiger partial charge in [-0.15, -0.1) is 11.3 Å². The zero-order valence-electron chi connectivity index (χ0n) is 9.14. The lowest BCUT2D eigenvalue weighted by Gasteiger charge is -2.02. The van der Waals surface area contributed by atoms with Crippen LogP contribution in [0.25, 0.3) is 0 Å². The van der Waals surface area contributed by atoms with E-state index in [2.05, 4.69) is 10.3 Å². The lowest BCUT2D eigenvalue weighted by atomic mass is 10.2. The lowest BCUT2D eigenvalue weighted by molar-refractivity contribution is 0.102. The number of thiazole rings is 1. The van der Waals surface area contributed by atoms with Crippen molar-refractivity contribution in [1.82, 2.24) is 4.98 Å². The van der Waals surface area contributed by atoms with Crippen LogP contribution < -0.4 is 5.32 Å². The van der Waals surface area contributed by atoms with Gasteiger partial charge in [0, 0.05) is 16.6 Å². The number of carbonyl (C=O) groups excluding carboxylic acids is 2. The number of anilines is 1. The Morgan fingerprint density at radius 2 is 2.06 bits per heavy atom. The maximum Gasteiger partial charge on any atom is 0.275 e. The van der Waals surface area contributed by atoms with Gasteiger partial charge >= 0.3 is 0 Å². The summed E-state index contributed by atoms with van der Waals surface area (Å²) in [6.45, 7) is 1.85. The van der Waals surface area contributed by atoms with E-state index in [0.717, 1.165) is 11.3 Å². The molecule has 0 unspecified atom stereocenters. The summed E-state index contributed by atoms with van der Waals surface area (Å²) in [5, 5.41) is 5.28. The number of nitrogens with one attached hydrogen (secondary N) is 1. The Bertz CT molecular complexity index is 546. The fourth-order valence-electron chi connectivity index (χ4n) is 1.31. The van der Waals surface area contributed by atoms with Crippen molar-refractivity contribution in [2.45, 2.75) is 6.92 Å². The summed E-state index contributed by atoms with van der Waals surface area (Å²) in [5.74, 6) is -0.242. The number of hydrogen-bond acceptors (Lipinski definition) is 4. The normalized spacial score (nSPS) is 9.94. The second-order valence-corrected chi connectivity index (χ2v) is 4.51. The fourth-order valence-corrected chi connectivity index (χ4v) is 1.90. The average Bonchev–Trinajstić information content (AvgIpc) is 2.77. The molecule has 1 N–H and O–H groups in total. The van der Waals surface area contributed by atoms with Crippen LogP contribution in [0, 0.1) is 6.92 Å². The van der Waals surface area contributed by atoms with Gasteiger partial charge in [-0.25, -0.2) is 4.98 Å². The topological polar surface area (TPSA) is 59.1 Å². The smallest absolute Gasteiger partial charge is 0.275 e. The number of aromatic nitrogens is 1. The molecule has 0 saturated heterocycles. The minimum atomic E-state index is -0.242. The van der Waals surface area contributed by atoms with Gasteiger partial charge in [-0.05, 0) is 31.2 Å². The van der Waals surface area contributed by atoms with Crippen molar-refractivity contribution in [3.8, 4) is 0 Å². The molecule has 0 bridgehead atoms. The first-order valence-corrected chi connectivity index (χ1v) is 5.86. The first kappa shape index (κ1) is 11.5. The highest BCUT2D eigenvalue weighted by Crippen LogP contribution is 2.12. The molecular weight excluding hydrogens is 236 g/mol. The van der Waals surface area contributed by atoms with E-state index in [1.165, 1.54) is 11.3 Å². The Kier molecular flexibility index (Phi) is 3.30. The van der Waals surface area contributed by atoms with E-state index >= 15 is 0 Å². The van der Waals surface area contributed by atoms with Crippen molar-refractivity contribution in [1.29, 1.82) is 0 Å². The third-order valence-electron chi connectivity index (χ3n) is 2.16. The summed E-state index contributed by atoms with van der Waals surface area (Å²) in [7, 11) is 0. The van der Waals surface area contributed by atoms with Crippen LogP contribution in [0.15, 0.2) is 29.6 Å². The largest absolute Gasteiger partial charge is 0.321 e. The van der Waals surface area contributed by atoms with Crippen LogP contribution in [-0.4, -0.2) is 17.2 Å². The van der Waals surface area contributed by atoms with Crippen molar-refractivity contribution in [2.75, 3.05) is 5.32 Å². The van der Waals surface area contributed by atoms with Crippen molar-refractivity contribution in [2.24, 2.45) is 0 Å². The van der Waals surface area contributed by atoms with Crippen molar-refractivity contribution >= 4 is 29.2 Å². The van der Waals surface area contributed by atoms with Crippen LogP contribution >= 0.6 is 11.3 Å². The zero-order valence-corrected chi connectivity index (χ0v) is 9.95. The Morgan fingerprint density at radius 1 is 1.35 bits per heavy atom. The third kappa shape index (κ3) is 2.76. The van der Waals surface area contributed by atoms with E-state index in [-0.39, 0.29) is 5.91 Å². The summed E-state index contributed by atoms with van der Waals surface area (Å²) >= 11 is 1.43. The van der Waals surface area contributed by atoms with Crippen molar-refractivity contribution in [3.05, 3.63) is 45.9 Å². The van der Waals surface area contributed by atoms with Crippen LogP contribution in [0.2, 0.25) is 0 Å². The molecule has 0 aliphatic heterocycles. The predicted octanol–water partition coefficient (Wildman–Crippen LogP) is 2.52. The molecule has 2 aromatic rings. The van der Waals surface area contributed by atoms with Gasteiger partial charge in [-0.3, -0.25) is 9.59 Å². The minimum absolute atomic E-state index is 0.242. The molecule has 0 fully saturated rings. The molecule has 0 atom stereocenters. The summed E-state index contributed by atoms with van der Waals surface area (Å²) in [6, 6.07) is 6.66. The van der Waals surface area contributed by atoms with E-state index in [0.29, 0.717) is 16.9 Å². The Labute approximate surface area is 102 Å². The average molecular weight is 246 g/mol. The number of carbonyl (C=O) groups is 2. The molecule has 17 heavy (non-hydrogen) atoms. The number of hydrogen-bond donors (Lipinski definition) is 1. The zero-order chi connectivity index (χ0) is 12.3. The van der Waals surface area contributed by atoms with Gasteiger partial charge in [-0.1, -0.05) is 0 Å². The Balaban J connectivity index is 2.10. The first-order valence-electron chi connectivity index (χ1n) is 4.98. The van der Waals surface area contributed by atoms with Gasteiger partial charge in [0.1, 0.15) is 12.0 Å². The van der Waals surface area contributed by atoms with Gasteiger partial charge in [-0.2, -0.15) is 0 Å². The summed E-state index contributed by atoms with van der Waals surface area (Å²) in [5.41, 5.74) is 1.63. The molecule has 86 valence electrons. The van der Waals surface area contributed by atoms with Gasteiger partial charge in [0.05, 0.1) is 5.01 Å². The van der Waals surface area contributed by atoms with Gasteiger partial charge in [0.25, 0.3) is 5.91 Å². The second-order valence-electron chi connectivity index (χ2n) is 3.45. The van der Waals surface area contributed by atoms with Gasteiger partial charge in [0.15, 0.2) is 0 Å². The molecule has 0 radical (unpaired) electrons. The van der Waals surface area contributed by atoms with Crippen LogP contribution in [0.5, 0.6) is 0 Å². The minimum Gasteiger partial charge on any atom is -0.321 e. The molecular formula is C12H10N2O2S. The van der Waals surface area contributed by atoms with Crippen molar-refractivity contribution < 1.29 is 9.59 Å². The molecule has 0 saturated carbocycles. The van der Waals surface area contributed by atoms with Gasteiger partial charge in [0.2, 0.25) is 0 Å². The summed E-state index contributed by atoms with van der Waals surface area (Å²) in [4.78, 5) is 26.3.